The molecule has 2 rings (SSSR count). The molecule has 14 heavy (non-hydrogen) atoms. The van der Waals surface area contributed by atoms with Crippen molar-refractivity contribution in [1.29, 1.82) is 0 Å². The molecular formula is C12H9BrO. The van der Waals surface area contributed by atoms with E-state index in [1.807, 2.05) is 48.6 Å². The van der Waals surface area contributed by atoms with Crippen molar-refractivity contribution >= 4 is 28.1 Å². The first-order valence-electron chi connectivity index (χ1n) is 4.32. The average Bonchev–Trinajstić information content (AvgIpc) is 2.69. The van der Waals surface area contributed by atoms with Crippen molar-refractivity contribution < 1.29 is 4.42 Å². The van der Waals surface area contributed by atoms with E-state index in [0.717, 1.165) is 15.8 Å². The molecule has 0 atom stereocenters. The standard InChI is InChI=1S/C12H9BrO/c13-12-6-2-1-4-10(12)7-8-11-5-3-9-14-11/h1-9H. The van der Waals surface area contributed by atoms with Crippen LogP contribution in [0.2, 0.25) is 0 Å². The Bertz CT molecular complexity index is 429. The molecule has 0 spiro atoms. The van der Waals surface area contributed by atoms with Crippen molar-refractivity contribution in [3.05, 3.63) is 58.5 Å². The number of rotatable bonds is 2. The predicted octanol–water partition coefficient (Wildman–Crippen LogP) is 4.21. The topological polar surface area (TPSA) is 13.1 Å². The summed E-state index contributed by atoms with van der Waals surface area (Å²) in [6.07, 6.45) is 5.63. The number of benzene rings is 1. The highest BCUT2D eigenvalue weighted by Crippen LogP contribution is 2.18. The molecule has 0 N–H and O–H groups in total. The molecule has 0 fully saturated rings. The molecule has 0 radical (unpaired) electrons. The molecule has 70 valence electrons. The van der Waals surface area contributed by atoms with Gasteiger partial charge in [0.1, 0.15) is 5.76 Å². The minimum absolute atomic E-state index is 0.862. The zero-order chi connectivity index (χ0) is 9.80. The SMILES string of the molecule is Brc1ccccc1C=Cc1ccco1. The molecule has 0 amide bonds. The van der Waals surface area contributed by atoms with Gasteiger partial charge < -0.3 is 4.42 Å². The molecule has 2 heteroatoms. The minimum Gasteiger partial charge on any atom is -0.465 e. The molecule has 0 saturated heterocycles. The molecule has 1 aromatic carbocycles. The highest BCUT2D eigenvalue weighted by molar-refractivity contribution is 9.10. The minimum atomic E-state index is 0.862. The molecule has 0 saturated carbocycles. The van der Waals surface area contributed by atoms with Crippen LogP contribution in [0.5, 0.6) is 0 Å². The van der Waals surface area contributed by atoms with Crippen molar-refractivity contribution in [2.45, 2.75) is 0 Å². The van der Waals surface area contributed by atoms with E-state index in [9.17, 15) is 0 Å². The maximum atomic E-state index is 5.19. The predicted molar refractivity (Wildman–Crippen MR) is 61.8 cm³/mol. The van der Waals surface area contributed by atoms with E-state index in [1.165, 1.54) is 0 Å². The Kier molecular flexibility index (Phi) is 2.84. The van der Waals surface area contributed by atoms with Crippen molar-refractivity contribution in [3.63, 3.8) is 0 Å². The summed E-state index contributed by atoms with van der Waals surface area (Å²) in [6.45, 7) is 0. The lowest BCUT2D eigenvalue weighted by Gasteiger charge is -1.95. The van der Waals surface area contributed by atoms with Crippen LogP contribution in [0.4, 0.5) is 0 Å². The summed E-state index contributed by atoms with van der Waals surface area (Å²) in [5.74, 6) is 0.862. The van der Waals surface area contributed by atoms with Crippen LogP contribution in [0, 0.1) is 0 Å². The highest BCUT2D eigenvalue weighted by atomic mass is 79.9. The first-order valence-corrected chi connectivity index (χ1v) is 5.12. The summed E-state index contributed by atoms with van der Waals surface area (Å²) in [6, 6.07) is 11.9. The van der Waals surface area contributed by atoms with Gasteiger partial charge in [0.25, 0.3) is 0 Å². The molecule has 0 aliphatic carbocycles. The zero-order valence-corrected chi connectivity index (χ0v) is 9.07. The fourth-order valence-corrected chi connectivity index (χ4v) is 1.59. The van der Waals surface area contributed by atoms with Gasteiger partial charge in [-0.05, 0) is 29.8 Å². The summed E-state index contributed by atoms with van der Waals surface area (Å²) >= 11 is 3.48. The van der Waals surface area contributed by atoms with E-state index in [2.05, 4.69) is 15.9 Å². The van der Waals surface area contributed by atoms with Gasteiger partial charge in [0.15, 0.2) is 0 Å². The van der Waals surface area contributed by atoms with Crippen LogP contribution >= 0.6 is 15.9 Å². The monoisotopic (exact) mass is 248 g/mol. The van der Waals surface area contributed by atoms with Crippen molar-refractivity contribution in [3.8, 4) is 0 Å². The van der Waals surface area contributed by atoms with Crippen molar-refractivity contribution in [2.24, 2.45) is 0 Å². The van der Waals surface area contributed by atoms with Gasteiger partial charge >= 0.3 is 0 Å². The molecule has 1 heterocycles. The van der Waals surface area contributed by atoms with Gasteiger partial charge in [0, 0.05) is 4.47 Å². The molecule has 0 bridgehead atoms. The first-order chi connectivity index (χ1) is 6.86. The lowest BCUT2D eigenvalue weighted by atomic mass is 10.2. The van der Waals surface area contributed by atoms with E-state index in [0.29, 0.717) is 0 Å². The quantitative estimate of drug-likeness (QED) is 0.776. The second kappa shape index (κ2) is 4.29. The number of hydrogen-bond acceptors (Lipinski definition) is 1. The lowest BCUT2D eigenvalue weighted by molar-refractivity contribution is 0.557. The van der Waals surface area contributed by atoms with Crippen LogP contribution in [0.3, 0.4) is 0 Å². The molecule has 0 unspecified atom stereocenters. The first kappa shape index (κ1) is 9.28. The Morgan fingerprint density at radius 2 is 1.86 bits per heavy atom. The lowest BCUT2D eigenvalue weighted by Crippen LogP contribution is -1.72. The zero-order valence-electron chi connectivity index (χ0n) is 7.48. The van der Waals surface area contributed by atoms with Gasteiger partial charge in [0.2, 0.25) is 0 Å². The van der Waals surface area contributed by atoms with E-state index in [-0.39, 0.29) is 0 Å². The van der Waals surface area contributed by atoms with Crippen LogP contribution < -0.4 is 0 Å². The Balaban J connectivity index is 2.23. The normalized spacial score (nSPS) is 10.9. The van der Waals surface area contributed by atoms with Gasteiger partial charge in [-0.2, -0.15) is 0 Å². The summed E-state index contributed by atoms with van der Waals surface area (Å²) in [7, 11) is 0. The van der Waals surface area contributed by atoms with Gasteiger partial charge in [-0.15, -0.1) is 0 Å². The molecular weight excluding hydrogens is 240 g/mol. The van der Waals surface area contributed by atoms with Crippen LogP contribution in [0.25, 0.3) is 12.2 Å². The highest BCUT2D eigenvalue weighted by Gasteiger charge is 1.93. The van der Waals surface area contributed by atoms with Crippen LogP contribution in [-0.2, 0) is 0 Å². The van der Waals surface area contributed by atoms with Crippen molar-refractivity contribution in [2.75, 3.05) is 0 Å². The summed E-state index contributed by atoms with van der Waals surface area (Å²) < 4.78 is 6.28. The second-order valence-electron chi connectivity index (χ2n) is 2.87. The van der Waals surface area contributed by atoms with Gasteiger partial charge in [-0.25, -0.2) is 0 Å². The van der Waals surface area contributed by atoms with Crippen LogP contribution in [-0.4, -0.2) is 0 Å². The van der Waals surface area contributed by atoms with Gasteiger partial charge in [-0.3, -0.25) is 0 Å². The third-order valence-corrected chi connectivity index (χ3v) is 2.60. The number of furan rings is 1. The Labute approximate surface area is 91.2 Å². The molecule has 1 aromatic heterocycles. The smallest absolute Gasteiger partial charge is 0.126 e. The largest absolute Gasteiger partial charge is 0.465 e. The fourth-order valence-electron chi connectivity index (χ4n) is 1.17. The van der Waals surface area contributed by atoms with Gasteiger partial charge in [0.05, 0.1) is 6.26 Å². The third-order valence-electron chi connectivity index (χ3n) is 1.88. The van der Waals surface area contributed by atoms with Gasteiger partial charge in [-0.1, -0.05) is 40.2 Å². The fraction of sp³-hybridized carbons (Fsp3) is 0. The summed E-state index contributed by atoms with van der Waals surface area (Å²) in [5, 5.41) is 0. The van der Waals surface area contributed by atoms with E-state index in [4.69, 9.17) is 4.42 Å². The third kappa shape index (κ3) is 2.15. The van der Waals surface area contributed by atoms with Crippen LogP contribution in [0.15, 0.2) is 51.6 Å². The van der Waals surface area contributed by atoms with Crippen molar-refractivity contribution in [1.82, 2.24) is 0 Å². The van der Waals surface area contributed by atoms with E-state index < -0.39 is 0 Å². The summed E-state index contributed by atoms with van der Waals surface area (Å²) in [5.41, 5.74) is 1.14. The molecule has 0 aliphatic rings. The van der Waals surface area contributed by atoms with E-state index in [1.54, 1.807) is 6.26 Å². The average molecular weight is 249 g/mol. The molecule has 2 aromatic rings. The Morgan fingerprint density at radius 1 is 1.00 bits per heavy atom. The van der Waals surface area contributed by atoms with Crippen LogP contribution in [0.1, 0.15) is 11.3 Å². The summed E-state index contributed by atoms with van der Waals surface area (Å²) in [4.78, 5) is 0. The number of halogens is 1. The molecule has 0 aliphatic heterocycles. The Morgan fingerprint density at radius 3 is 2.57 bits per heavy atom. The maximum absolute atomic E-state index is 5.19. The molecule has 1 nitrogen and oxygen atoms in total. The van der Waals surface area contributed by atoms with E-state index >= 15 is 0 Å². The number of hydrogen-bond donors (Lipinski definition) is 0. The second-order valence-corrected chi connectivity index (χ2v) is 3.72. The Hall–Kier alpha value is -1.28. The maximum Gasteiger partial charge on any atom is 0.126 e.